The Bertz CT molecular complexity index is 746. The molecule has 1 aliphatic heterocycles. The maximum Gasteiger partial charge on any atom is 0.191 e. The summed E-state index contributed by atoms with van der Waals surface area (Å²) in [7, 11) is 1.79. The molecule has 0 saturated carbocycles. The van der Waals surface area contributed by atoms with Gasteiger partial charge in [-0.15, -0.1) is 0 Å². The van der Waals surface area contributed by atoms with E-state index in [1.54, 1.807) is 7.05 Å². The third-order valence-corrected chi connectivity index (χ3v) is 5.02. The molecule has 156 valence electrons. The molecule has 2 heterocycles. The van der Waals surface area contributed by atoms with Crippen molar-refractivity contribution in [3.05, 3.63) is 54.2 Å². The van der Waals surface area contributed by atoms with Gasteiger partial charge in [-0.2, -0.15) is 0 Å². The number of guanidine groups is 1. The molecule has 1 saturated heterocycles. The van der Waals surface area contributed by atoms with Gasteiger partial charge in [-0.1, -0.05) is 24.3 Å². The summed E-state index contributed by atoms with van der Waals surface area (Å²) in [5, 5.41) is 6.72. The quantitative estimate of drug-likeness (QED) is 0.387. The summed E-state index contributed by atoms with van der Waals surface area (Å²) in [5.41, 5.74) is 3.29. The number of rotatable bonds is 9. The molecule has 0 spiro atoms. The third-order valence-electron chi connectivity index (χ3n) is 5.02. The van der Waals surface area contributed by atoms with Crippen LogP contribution < -0.4 is 10.6 Å². The fourth-order valence-electron chi connectivity index (χ4n) is 3.32. The van der Waals surface area contributed by atoms with E-state index in [9.17, 15) is 0 Å². The van der Waals surface area contributed by atoms with Crippen LogP contribution in [0.5, 0.6) is 0 Å². The van der Waals surface area contributed by atoms with Crippen LogP contribution in [0.4, 0.5) is 0 Å². The molecule has 1 aliphatic rings. The van der Waals surface area contributed by atoms with Crippen LogP contribution in [0.3, 0.4) is 0 Å². The summed E-state index contributed by atoms with van der Waals surface area (Å²) in [6.45, 7) is 4.92. The van der Waals surface area contributed by atoms with Gasteiger partial charge in [0, 0.05) is 58.3 Å². The highest BCUT2D eigenvalue weighted by molar-refractivity contribution is 5.79. The van der Waals surface area contributed by atoms with Crippen molar-refractivity contribution in [1.29, 1.82) is 0 Å². The lowest BCUT2D eigenvalue weighted by Crippen LogP contribution is -2.37. The van der Waals surface area contributed by atoms with Crippen molar-refractivity contribution in [1.82, 2.24) is 15.6 Å². The Morgan fingerprint density at radius 1 is 1.17 bits per heavy atom. The number of hydrogen-bond acceptors (Lipinski definition) is 4. The first-order valence-corrected chi connectivity index (χ1v) is 10.5. The van der Waals surface area contributed by atoms with E-state index in [0.29, 0.717) is 12.5 Å². The monoisotopic (exact) mass is 396 g/mol. The molecular formula is C23H32N4O2. The maximum atomic E-state index is 5.81. The fraction of sp³-hybridized carbons (Fsp3) is 0.478. The summed E-state index contributed by atoms with van der Waals surface area (Å²) in [5.74, 6) is 1.46. The fourth-order valence-corrected chi connectivity index (χ4v) is 3.32. The second-order valence-electron chi connectivity index (χ2n) is 7.25. The van der Waals surface area contributed by atoms with Gasteiger partial charge in [0.1, 0.15) is 0 Å². The van der Waals surface area contributed by atoms with E-state index in [0.717, 1.165) is 69.5 Å². The van der Waals surface area contributed by atoms with E-state index in [4.69, 9.17) is 9.47 Å². The largest absolute Gasteiger partial charge is 0.381 e. The Labute approximate surface area is 173 Å². The third kappa shape index (κ3) is 7.48. The Morgan fingerprint density at radius 3 is 2.86 bits per heavy atom. The van der Waals surface area contributed by atoms with Crippen LogP contribution in [0, 0.1) is 5.92 Å². The van der Waals surface area contributed by atoms with Crippen LogP contribution in [0.15, 0.2) is 53.7 Å². The molecule has 2 aromatic rings. The van der Waals surface area contributed by atoms with Gasteiger partial charge < -0.3 is 20.1 Å². The van der Waals surface area contributed by atoms with Crippen LogP contribution in [0.1, 0.15) is 24.8 Å². The molecule has 0 radical (unpaired) electrons. The molecule has 29 heavy (non-hydrogen) atoms. The number of ether oxygens (including phenoxy) is 2. The molecule has 3 rings (SSSR count). The average molecular weight is 397 g/mol. The number of hydrogen-bond donors (Lipinski definition) is 2. The van der Waals surface area contributed by atoms with Gasteiger partial charge in [-0.05, 0) is 48.9 Å². The number of nitrogens with zero attached hydrogens (tertiary/aromatic N) is 2. The molecule has 1 aromatic carbocycles. The van der Waals surface area contributed by atoms with Gasteiger partial charge in [0.2, 0.25) is 0 Å². The Hall–Kier alpha value is -2.44. The molecule has 1 fully saturated rings. The first-order chi connectivity index (χ1) is 14.3. The van der Waals surface area contributed by atoms with Crippen LogP contribution >= 0.6 is 0 Å². The van der Waals surface area contributed by atoms with Gasteiger partial charge >= 0.3 is 0 Å². The zero-order chi connectivity index (χ0) is 20.2. The van der Waals surface area contributed by atoms with Gasteiger partial charge in [0.15, 0.2) is 5.96 Å². The number of nitrogens with one attached hydrogen (secondary N) is 2. The van der Waals surface area contributed by atoms with E-state index < -0.39 is 0 Å². The second kappa shape index (κ2) is 12.2. The lowest BCUT2D eigenvalue weighted by Gasteiger charge is -2.21. The summed E-state index contributed by atoms with van der Waals surface area (Å²) < 4.78 is 11.2. The Kier molecular flexibility index (Phi) is 8.94. The zero-order valence-electron chi connectivity index (χ0n) is 17.3. The van der Waals surface area contributed by atoms with Crippen molar-refractivity contribution >= 4 is 5.96 Å². The normalized spacial score (nSPS) is 15.3. The Morgan fingerprint density at radius 2 is 2.07 bits per heavy atom. The molecule has 6 nitrogen and oxygen atoms in total. The van der Waals surface area contributed by atoms with Crippen LogP contribution in [-0.2, 0) is 16.0 Å². The predicted octanol–water partition coefficient (Wildman–Crippen LogP) is 3.25. The van der Waals surface area contributed by atoms with Crippen LogP contribution in [0.25, 0.3) is 11.3 Å². The molecule has 1 aromatic heterocycles. The van der Waals surface area contributed by atoms with E-state index in [2.05, 4.69) is 44.9 Å². The topological polar surface area (TPSA) is 67.8 Å². The maximum absolute atomic E-state index is 5.81. The summed E-state index contributed by atoms with van der Waals surface area (Å²) in [6, 6.07) is 14.4. The second-order valence-corrected chi connectivity index (χ2v) is 7.25. The van der Waals surface area contributed by atoms with E-state index in [1.807, 2.05) is 24.4 Å². The SMILES string of the molecule is CN=C(NCCCOCC1CCOCC1)NCc1cccc(-c2ccccn2)c1. The minimum atomic E-state index is 0.660. The standard InChI is InChI=1S/C23H32N4O2/c1-24-23(26-12-5-13-29-18-19-9-14-28-15-10-19)27-17-20-6-4-7-21(16-20)22-8-2-3-11-25-22/h2-4,6-8,11,16,19H,5,9-10,12-15,17-18H2,1H3,(H2,24,26,27). The van der Waals surface area contributed by atoms with Gasteiger partial charge in [0.05, 0.1) is 5.69 Å². The summed E-state index contributed by atoms with van der Waals surface area (Å²) in [6.07, 6.45) is 5.02. The number of aliphatic imine (C=N–C) groups is 1. The Balaban J connectivity index is 1.34. The molecular weight excluding hydrogens is 364 g/mol. The molecule has 2 N–H and O–H groups in total. The predicted molar refractivity (Wildman–Crippen MR) is 117 cm³/mol. The minimum absolute atomic E-state index is 0.660. The van der Waals surface area contributed by atoms with Gasteiger partial charge in [-0.3, -0.25) is 9.98 Å². The van der Waals surface area contributed by atoms with Crippen molar-refractivity contribution in [3.63, 3.8) is 0 Å². The van der Waals surface area contributed by atoms with Gasteiger partial charge in [0.25, 0.3) is 0 Å². The van der Waals surface area contributed by atoms with Crippen molar-refractivity contribution in [3.8, 4) is 11.3 Å². The van der Waals surface area contributed by atoms with Crippen LogP contribution in [0.2, 0.25) is 0 Å². The smallest absolute Gasteiger partial charge is 0.191 e. The van der Waals surface area contributed by atoms with Crippen molar-refractivity contribution in [2.45, 2.75) is 25.8 Å². The number of pyridine rings is 1. The minimum Gasteiger partial charge on any atom is -0.381 e. The van der Waals surface area contributed by atoms with Crippen molar-refractivity contribution in [2.75, 3.05) is 40.0 Å². The highest BCUT2D eigenvalue weighted by Gasteiger charge is 2.13. The first kappa shape index (κ1) is 21.3. The molecule has 6 heteroatoms. The van der Waals surface area contributed by atoms with Crippen LogP contribution in [-0.4, -0.2) is 51.0 Å². The average Bonchev–Trinajstić information content (AvgIpc) is 2.79. The van der Waals surface area contributed by atoms with Gasteiger partial charge in [-0.25, -0.2) is 0 Å². The molecule has 0 bridgehead atoms. The molecule has 0 unspecified atom stereocenters. The highest BCUT2D eigenvalue weighted by Crippen LogP contribution is 2.17. The first-order valence-electron chi connectivity index (χ1n) is 10.5. The van der Waals surface area contributed by atoms with Crippen molar-refractivity contribution in [2.24, 2.45) is 10.9 Å². The zero-order valence-corrected chi connectivity index (χ0v) is 17.3. The highest BCUT2D eigenvalue weighted by atomic mass is 16.5. The molecule has 0 amide bonds. The molecule has 0 aliphatic carbocycles. The van der Waals surface area contributed by atoms with E-state index in [-0.39, 0.29) is 0 Å². The molecule has 0 atom stereocenters. The lowest BCUT2D eigenvalue weighted by atomic mass is 10.0. The number of aromatic nitrogens is 1. The van der Waals surface area contributed by atoms with E-state index >= 15 is 0 Å². The summed E-state index contributed by atoms with van der Waals surface area (Å²) in [4.78, 5) is 8.72. The lowest BCUT2D eigenvalue weighted by molar-refractivity contribution is 0.0203. The van der Waals surface area contributed by atoms with E-state index in [1.165, 1.54) is 5.56 Å². The number of benzene rings is 1. The summed E-state index contributed by atoms with van der Waals surface area (Å²) >= 11 is 0. The van der Waals surface area contributed by atoms with Crippen molar-refractivity contribution < 1.29 is 9.47 Å².